The van der Waals surface area contributed by atoms with Gasteiger partial charge in [0, 0.05) is 43.1 Å². The molecule has 38 heavy (non-hydrogen) atoms. The van der Waals surface area contributed by atoms with Crippen molar-refractivity contribution < 1.29 is 9.59 Å². The van der Waals surface area contributed by atoms with Crippen molar-refractivity contribution in [2.45, 2.75) is 46.2 Å². The van der Waals surface area contributed by atoms with Crippen LogP contribution in [-0.4, -0.2) is 27.9 Å². The van der Waals surface area contributed by atoms with Crippen LogP contribution in [0.2, 0.25) is 0 Å². The summed E-state index contributed by atoms with van der Waals surface area (Å²) in [6.07, 6.45) is 2.66. The van der Waals surface area contributed by atoms with Crippen molar-refractivity contribution in [2.24, 2.45) is 5.92 Å². The second-order valence-corrected chi connectivity index (χ2v) is 10.4. The highest BCUT2D eigenvalue weighted by Crippen LogP contribution is 2.38. The van der Waals surface area contributed by atoms with Gasteiger partial charge in [0.25, 0.3) is 5.91 Å². The number of carbonyl (C=O) groups excluding carboxylic acids is 2. The number of carbonyl (C=O) groups is 2. The lowest BCUT2D eigenvalue weighted by molar-refractivity contribution is -0.122. The summed E-state index contributed by atoms with van der Waals surface area (Å²) in [5.41, 5.74) is 7.96. The summed E-state index contributed by atoms with van der Waals surface area (Å²) in [5, 5.41) is 3.03. The predicted molar refractivity (Wildman–Crippen MR) is 149 cm³/mol. The van der Waals surface area contributed by atoms with Gasteiger partial charge in [0.15, 0.2) is 0 Å². The molecule has 1 saturated carbocycles. The molecular formula is C32H32N4O2. The molecule has 6 rings (SSSR count). The van der Waals surface area contributed by atoms with Crippen LogP contribution in [0.25, 0.3) is 11.3 Å². The van der Waals surface area contributed by atoms with E-state index in [1.807, 2.05) is 54.3 Å². The summed E-state index contributed by atoms with van der Waals surface area (Å²) >= 11 is 0. The van der Waals surface area contributed by atoms with Gasteiger partial charge in [0.1, 0.15) is 5.82 Å². The second kappa shape index (κ2) is 9.93. The minimum absolute atomic E-state index is 0.0226. The lowest BCUT2D eigenvalue weighted by Crippen LogP contribution is -2.32. The highest BCUT2D eigenvalue weighted by atomic mass is 16.2. The molecule has 0 atom stereocenters. The Hall–Kier alpha value is -4.19. The number of aromatic nitrogens is 2. The van der Waals surface area contributed by atoms with Gasteiger partial charge in [-0.1, -0.05) is 54.6 Å². The standard InChI is InChI=1S/C32H32N4O2/c1-21-18-25(14-15-26(21)19-33-31(37)24-12-13-24)32(38)35-17-16-28-30(27-10-6-7-11-29(27)35)36(22(2)34-28)20-23-8-4-3-5-9-23/h3-11,14-15,18,24H,12-13,16-17,19-20H2,1-2H3,(H,33,37). The SMILES string of the molecule is Cc1cc(C(=O)N2CCc3nc(C)n(Cc4ccccc4)c3-c3ccccc32)ccc1CNC(=O)C1CC1. The van der Waals surface area contributed by atoms with Crippen LogP contribution < -0.4 is 10.2 Å². The molecule has 1 aliphatic heterocycles. The van der Waals surface area contributed by atoms with E-state index in [-0.39, 0.29) is 17.7 Å². The lowest BCUT2D eigenvalue weighted by atomic mass is 10.0. The fourth-order valence-corrected chi connectivity index (χ4v) is 5.37. The van der Waals surface area contributed by atoms with Gasteiger partial charge in [-0.2, -0.15) is 0 Å². The van der Waals surface area contributed by atoms with Crippen molar-refractivity contribution in [2.75, 3.05) is 11.4 Å². The average molecular weight is 505 g/mol. The Kier molecular flexibility index (Phi) is 6.32. The average Bonchev–Trinajstić information content (AvgIpc) is 3.75. The molecule has 3 aromatic carbocycles. The monoisotopic (exact) mass is 504 g/mol. The second-order valence-electron chi connectivity index (χ2n) is 10.4. The Bertz CT molecular complexity index is 1520. The molecule has 0 radical (unpaired) electrons. The smallest absolute Gasteiger partial charge is 0.258 e. The first-order chi connectivity index (χ1) is 18.5. The number of benzene rings is 3. The lowest BCUT2D eigenvalue weighted by Gasteiger charge is -2.24. The summed E-state index contributed by atoms with van der Waals surface area (Å²) in [7, 11) is 0. The van der Waals surface area contributed by atoms with E-state index in [0.29, 0.717) is 25.1 Å². The van der Waals surface area contributed by atoms with Crippen LogP contribution >= 0.6 is 0 Å². The van der Waals surface area contributed by atoms with E-state index >= 15 is 0 Å². The van der Waals surface area contributed by atoms with Gasteiger partial charge in [0.2, 0.25) is 5.91 Å². The van der Waals surface area contributed by atoms with E-state index in [9.17, 15) is 9.59 Å². The van der Waals surface area contributed by atoms with Crippen molar-refractivity contribution >= 4 is 17.5 Å². The summed E-state index contributed by atoms with van der Waals surface area (Å²) in [6.45, 7) is 5.84. The molecular weight excluding hydrogens is 472 g/mol. The van der Waals surface area contributed by atoms with Gasteiger partial charge in [-0.3, -0.25) is 9.59 Å². The summed E-state index contributed by atoms with van der Waals surface area (Å²) in [4.78, 5) is 32.8. The highest BCUT2D eigenvalue weighted by Gasteiger charge is 2.30. The number of imidazole rings is 1. The summed E-state index contributed by atoms with van der Waals surface area (Å²) in [5.74, 6) is 1.27. The molecule has 0 unspecified atom stereocenters. The minimum Gasteiger partial charge on any atom is -0.352 e. The number of nitrogens with one attached hydrogen (secondary N) is 1. The van der Waals surface area contributed by atoms with Crippen LogP contribution in [-0.2, 0) is 24.3 Å². The van der Waals surface area contributed by atoms with Gasteiger partial charge in [0.05, 0.1) is 17.1 Å². The Labute approximate surface area is 223 Å². The van der Waals surface area contributed by atoms with Gasteiger partial charge in [-0.25, -0.2) is 4.98 Å². The molecule has 0 spiro atoms. The topological polar surface area (TPSA) is 67.2 Å². The molecule has 4 aromatic rings. The Morgan fingerprint density at radius 3 is 2.50 bits per heavy atom. The first-order valence-corrected chi connectivity index (χ1v) is 13.4. The highest BCUT2D eigenvalue weighted by molar-refractivity contribution is 6.08. The van der Waals surface area contributed by atoms with Crippen LogP contribution in [0.4, 0.5) is 5.69 Å². The van der Waals surface area contributed by atoms with E-state index in [0.717, 1.165) is 59.0 Å². The van der Waals surface area contributed by atoms with Crippen LogP contribution in [0.3, 0.4) is 0 Å². The van der Waals surface area contributed by atoms with E-state index in [4.69, 9.17) is 4.98 Å². The van der Waals surface area contributed by atoms with Gasteiger partial charge < -0.3 is 14.8 Å². The predicted octanol–water partition coefficient (Wildman–Crippen LogP) is 5.44. The molecule has 1 aromatic heterocycles. The zero-order chi connectivity index (χ0) is 26.2. The molecule has 6 nitrogen and oxygen atoms in total. The quantitative estimate of drug-likeness (QED) is 0.380. The summed E-state index contributed by atoms with van der Waals surface area (Å²) in [6, 6.07) is 24.4. The van der Waals surface area contributed by atoms with Gasteiger partial charge in [-0.15, -0.1) is 0 Å². The van der Waals surface area contributed by atoms with Crippen molar-refractivity contribution in [1.82, 2.24) is 14.9 Å². The largest absolute Gasteiger partial charge is 0.352 e. The third-order valence-corrected chi connectivity index (χ3v) is 7.67. The Morgan fingerprint density at radius 2 is 1.74 bits per heavy atom. The first kappa shape index (κ1) is 24.2. The van der Waals surface area contributed by atoms with Crippen LogP contribution in [0.5, 0.6) is 0 Å². The number of para-hydroxylation sites is 1. The molecule has 2 heterocycles. The number of rotatable bonds is 6. The van der Waals surface area contributed by atoms with E-state index in [1.54, 1.807) is 0 Å². The first-order valence-electron chi connectivity index (χ1n) is 13.4. The maximum absolute atomic E-state index is 13.9. The molecule has 2 amide bonds. The third-order valence-electron chi connectivity index (χ3n) is 7.67. The molecule has 1 N–H and O–H groups in total. The maximum atomic E-state index is 13.9. The number of hydrogen-bond donors (Lipinski definition) is 1. The molecule has 1 fully saturated rings. The zero-order valence-electron chi connectivity index (χ0n) is 21.9. The van der Waals surface area contributed by atoms with Crippen molar-refractivity contribution in [1.29, 1.82) is 0 Å². The molecule has 6 heteroatoms. The molecule has 1 aliphatic carbocycles. The Morgan fingerprint density at radius 1 is 0.974 bits per heavy atom. The number of anilines is 1. The number of amides is 2. The zero-order valence-corrected chi connectivity index (χ0v) is 21.9. The fraction of sp³-hybridized carbons (Fsp3) is 0.281. The van der Waals surface area contributed by atoms with E-state index in [2.05, 4.69) is 47.1 Å². The van der Waals surface area contributed by atoms with Crippen molar-refractivity contribution in [3.63, 3.8) is 0 Å². The van der Waals surface area contributed by atoms with Gasteiger partial charge >= 0.3 is 0 Å². The molecule has 192 valence electrons. The van der Waals surface area contributed by atoms with Crippen molar-refractivity contribution in [3.8, 4) is 11.3 Å². The molecule has 2 aliphatic rings. The van der Waals surface area contributed by atoms with E-state index < -0.39 is 0 Å². The number of hydrogen-bond acceptors (Lipinski definition) is 3. The number of fused-ring (bicyclic) bond motifs is 3. The maximum Gasteiger partial charge on any atom is 0.258 e. The van der Waals surface area contributed by atoms with Crippen LogP contribution in [0.15, 0.2) is 72.8 Å². The Balaban J connectivity index is 1.30. The molecule has 0 saturated heterocycles. The van der Waals surface area contributed by atoms with Crippen molar-refractivity contribution in [3.05, 3.63) is 107 Å². The van der Waals surface area contributed by atoms with Crippen LogP contribution in [0.1, 0.15) is 51.4 Å². The third kappa shape index (κ3) is 4.62. The van der Waals surface area contributed by atoms with E-state index in [1.165, 1.54) is 5.56 Å². The number of nitrogens with zero attached hydrogens (tertiary/aromatic N) is 3. The number of aryl methyl sites for hydroxylation is 2. The fourth-order valence-electron chi connectivity index (χ4n) is 5.37. The van der Waals surface area contributed by atoms with Crippen LogP contribution in [0, 0.1) is 19.8 Å². The normalized spacial score (nSPS) is 14.4. The molecule has 0 bridgehead atoms. The summed E-state index contributed by atoms with van der Waals surface area (Å²) < 4.78 is 2.27. The minimum atomic E-state index is -0.0226. The van der Waals surface area contributed by atoms with Gasteiger partial charge in [-0.05, 0) is 61.6 Å².